The molecule has 172 valence electrons. The molecular formula is C26H25N5O3. The Morgan fingerprint density at radius 3 is 2.38 bits per heavy atom. The third-order valence-corrected chi connectivity index (χ3v) is 6.07. The molecule has 4 aromatic rings. The van der Waals surface area contributed by atoms with Gasteiger partial charge >= 0.3 is 0 Å². The largest absolute Gasteiger partial charge is 0.497 e. The summed E-state index contributed by atoms with van der Waals surface area (Å²) >= 11 is 0. The lowest BCUT2D eigenvalue weighted by Gasteiger charge is -2.35. The Labute approximate surface area is 197 Å². The second-order valence-electron chi connectivity index (χ2n) is 8.17. The molecule has 8 heteroatoms. The van der Waals surface area contributed by atoms with Crippen molar-refractivity contribution in [2.45, 2.75) is 6.54 Å². The molecule has 1 aliphatic rings. The van der Waals surface area contributed by atoms with Crippen LogP contribution in [0.3, 0.4) is 0 Å². The van der Waals surface area contributed by atoms with E-state index in [0.717, 1.165) is 5.56 Å². The summed E-state index contributed by atoms with van der Waals surface area (Å²) in [5.74, 6) is 1.08. The van der Waals surface area contributed by atoms with E-state index in [0.29, 0.717) is 61.0 Å². The average molecular weight is 456 g/mol. The zero-order valence-electron chi connectivity index (χ0n) is 18.9. The molecule has 0 aliphatic carbocycles. The van der Waals surface area contributed by atoms with Crippen molar-refractivity contribution in [2.24, 2.45) is 0 Å². The highest BCUT2D eigenvalue weighted by atomic mass is 16.5. The van der Waals surface area contributed by atoms with E-state index in [-0.39, 0.29) is 11.5 Å². The molecule has 0 atom stereocenters. The highest BCUT2D eigenvalue weighted by Crippen LogP contribution is 2.18. The fourth-order valence-electron chi connectivity index (χ4n) is 4.22. The fourth-order valence-corrected chi connectivity index (χ4v) is 4.22. The Morgan fingerprint density at radius 2 is 1.68 bits per heavy atom. The maximum absolute atomic E-state index is 13.5. The third-order valence-electron chi connectivity index (χ3n) is 6.07. The molecule has 8 nitrogen and oxygen atoms in total. The van der Waals surface area contributed by atoms with Gasteiger partial charge in [-0.25, -0.2) is 9.97 Å². The Balaban J connectivity index is 1.39. The van der Waals surface area contributed by atoms with Gasteiger partial charge in [-0.1, -0.05) is 30.3 Å². The molecule has 2 aromatic heterocycles. The predicted octanol–water partition coefficient (Wildman–Crippen LogP) is 2.81. The lowest BCUT2D eigenvalue weighted by atomic mass is 10.1. The third kappa shape index (κ3) is 4.22. The van der Waals surface area contributed by atoms with Crippen molar-refractivity contribution < 1.29 is 9.53 Å². The molecule has 1 amide bonds. The summed E-state index contributed by atoms with van der Waals surface area (Å²) in [6.45, 7) is 2.49. The smallest absolute Gasteiger partial charge is 0.295 e. The number of methoxy groups -OCH3 is 1. The molecule has 2 aromatic carbocycles. The second-order valence-corrected chi connectivity index (χ2v) is 8.17. The van der Waals surface area contributed by atoms with Crippen LogP contribution in [0.1, 0.15) is 15.9 Å². The van der Waals surface area contributed by atoms with E-state index in [1.807, 2.05) is 52.3 Å². The number of amides is 1. The molecule has 34 heavy (non-hydrogen) atoms. The zero-order valence-corrected chi connectivity index (χ0v) is 18.9. The van der Waals surface area contributed by atoms with Gasteiger partial charge in [-0.05, 0) is 42.0 Å². The van der Waals surface area contributed by atoms with Crippen molar-refractivity contribution in [2.75, 3.05) is 38.2 Å². The van der Waals surface area contributed by atoms with E-state index in [1.165, 1.54) is 0 Å². The molecule has 0 spiro atoms. The van der Waals surface area contributed by atoms with E-state index in [2.05, 4.69) is 9.97 Å². The van der Waals surface area contributed by atoms with E-state index in [4.69, 9.17) is 4.74 Å². The number of carbonyl (C=O) groups excluding carboxylic acids is 1. The minimum atomic E-state index is -0.176. The first kappa shape index (κ1) is 21.6. The van der Waals surface area contributed by atoms with Gasteiger partial charge in [0.2, 0.25) is 0 Å². The van der Waals surface area contributed by atoms with E-state index in [9.17, 15) is 9.59 Å². The van der Waals surface area contributed by atoms with Gasteiger partial charge in [-0.3, -0.25) is 14.2 Å². The molecule has 3 heterocycles. The number of ether oxygens (including phenoxy) is 1. The minimum absolute atomic E-state index is 0.0283. The topological polar surface area (TPSA) is 80.6 Å². The van der Waals surface area contributed by atoms with Gasteiger partial charge in [0.1, 0.15) is 11.3 Å². The molecular weight excluding hydrogens is 430 g/mol. The van der Waals surface area contributed by atoms with Crippen molar-refractivity contribution in [3.05, 3.63) is 94.4 Å². The van der Waals surface area contributed by atoms with Gasteiger partial charge in [0.05, 0.1) is 13.7 Å². The standard InChI is InChI=1S/C26H25N5O3/c1-34-21-11-9-20(10-12-21)25(32)30-16-14-29(15-17-30)24-26(33)31(18-19-6-3-2-4-7-19)23-22(28-24)8-5-13-27-23/h2-13H,14-18H2,1H3. The van der Waals surface area contributed by atoms with Crippen LogP contribution in [0.4, 0.5) is 5.82 Å². The first-order valence-electron chi connectivity index (χ1n) is 11.2. The molecule has 5 rings (SSSR count). The zero-order chi connectivity index (χ0) is 23.5. The van der Waals surface area contributed by atoms with Crippen LogP contribution >= 0.6 is 0 Å². The summed E-state index contributed by atoms with van der Waals surface area (Å²) in [4.78, 5) is 39.3. The van der Waals surface area contributed by atoms with Crippen LogP contribution in [0.2, 0.25) is 0 Å². The Bertz CT molecular complexity index is 1360. The van der Waals surface area contributed by atoms with Crippen LogP contribution in [0.25, 0.3) is 11.2 Å². The van der Waals surface area contributed by atoms with Crippen molar-refractivity contribution in [1.82, 2.24) is 19.4 Å². The van der Waals surface area contributed by atoms with Crippen molar-refractivity contribution in [3.8, 4) is 5.75 Å². The molecule has 0 unspecified atom stereocenters. The fraction of sp³-hybridized carbons (Fsp3) is 0.231. The van der Waals surface area contributed by atoms with Gasteiger partial charge < -0.3 is 14.5 Å². The monoisotopic (exact) mass is 455 g/mol. The number of hydrogen-bond acceptors (Lipinski definition) is 6. The summed E-state index contributed by atoms with van der Waals surface area (Å²) < 4.78 is 6.85. The number of rotatable bonds is 5. The van der Waals surface area contributed by atoms with Gasteiger partial charge in [0.15, 0.2) is 11.5 Å². The van der Waals surface area contributed by atoms with E-state index in [1.54, 1.807) is 42.1 Å². The number of aromatic nitrogens is 3. The van der Waals surface area contributed by atoms with E-state index >= 15 is 0 Å². The molecule has 0 bridgehead atoms. The predicted molar refractivity (Wildman–Crippen MR) is 130 cm³/mol. The summed E-state index contributed by atoms with van der Waals surface area (Å²) in [7, 11) is 1.60. The number of hydrogen-bond donors (Lipinski definition) is 0. The van der Waals surface area contributed by atoms with Crippen molar-refractivity contribution >= 4 is 22.9 Å². The van der Waals surface area contributed by atoms with Gasteiger partial charge in [0, 0.05) is 37.9 Å². The molecule has 0 radical (unpaired) electrons. The van der Waals surface area contributed by atoms with Crippen LogP contribution in [-0.2, 0) is 6.54 Å². The van der Waals surface area contributed by atoms with Crippen molar-refractivity contribution in [3.63, 3.8) is 0 Å². The summed E-state index contributed by atoms with van der Waals surface area (Å²) in [6, 6.07) is 20.6. The van der Waals surface area contributed by atoms with Crippen LogP contribution in [0, 0.1) is 0 Å². The number of fused-ring (bicyclic) bond motifs is 1. The number of nitrogens with zero attached hydrogens (tertiary/aromatic N) is 5. The number of carbonyl (C=O) groups is 1. The Hall–Kier alpha value is -4.20. The number of piperazine rings is 1. The second kappa shape index (κ2) is 9.35. The van der Waals surface area contributed by atoms with Crippen LogP contribution in [0.5, 0.6) is 5.75 Å². The first-order chi connectivity index (χ1) is 16.6. The highest BCUT2D eigenvalue weighted by molar-refractivity contribution is 5.94. The van der Waals surface area contributed by atoms with Crippen LogP contribution in [-0.4, -0.2) is 58.6 Å². The Kier molecular flexibility index (Phi) is 5.95. The van der Waals surface area contributed by atoms with E-state index < -0.39 is 0 Å². The molecule has 1 saturated heterocycles. The number of anilines is 1. The maximum atomic E-state index is 13.5. The maximum Gasteiger partial charge on any atom is 0.295 e. The molecule has 1 fully saturated rings. The molecule has 0 saturated carbocycles. The summed E-state index contributed by atoms with van der Waals surface area (Å²) in [5.41, 5.74) is 2.70. The SMILES string of the molecule is COc1ccc(C(=O)N2CCN(c3nc4cccnc4n(Cc4ccccc4)c3=O)CC2)cc1. The van der Waals surface area contributed by atoms with Gasteiger partial charge in [-0.2, -0.15) is 0 Å². The Morgan fingerprint density at radius 1 is 0.941 bits per heavy atom. The highest BCUT2D eigenvalue weighted by Gasteiger charge is 2.25. The van der Waals surface area contributed by atoms with Crippen LogP contribution < -0.4 is 15.2 Å². The summed E-state index contributed by atoms with van der Waals surface area (Å²) in [5, 5.41) is 0. The summed E-state index contributed by atoms with van der Waals surface area (Å²) in [6.07, 6.45) is 1.67. The van der Waals surface area contributed by atoms with Gasteiger partial charge in [-0.15, -0.1) is 0 Å². The quantitative estimate of drug-likeness (QED) is 0.460. The van der Waals surface area contributed by atoms with Crippen molar-refractivity contribution in [1.29, 1.82) is 0 Å². The number of pyridine rings is 1. The lowest BCUT2D eigenvalue weighted by molar-refractivity contribution is 0.0746. The normalized spacial score (nSPS) is 13.8. The molecule has 0 N–H and O–H groups in total. The minimum Gasteiger partial charge on any atom is -0.497 e. The van der Waals surface area contributed by atoms with Gasteiger partial charge in [0.25, 0.3) is 11.5 Å². The first-order valence-corrected chi connectivity index (χ1v) is 11.2. The number of benzene rings is 2. The molecule has 1 aliphatic heterocycles. The average Bonchev–Trinajstić information content (AvgIpc) is 2.90. The van der Waals surface area contributed by atoms with Crippen LogP contribution in [0.15, 0.2) is 77.7 Å². The lowest BCUT2D eigenvalue weighted by Crippen LogP contribution is -2.50.